The zero-order chi connectivity index (χ0) is 14.4. The van der Waals surface area contributed by atoms with Crippen LogP contribution in [0.5, 0.6) is 11.5 Å². The SMILES string of the molecule is [CH2]C(=NNC(N)=S)c1ccc(Oc2ccccc2)cc1. The quantitative estimate of drug-likeness (QED) is 0.515. The highest BCUT2D eigenvalue weighted by molar-refractivity contribution is 7.80. The molecular weight excluding hydrogens is 270 g/mol. The first-order chi connectivity index (χ1) is 9.65. The summed E-state index contributed by atoms with van der Waals surface area (Å²) in [4.78, 5) is 0. The zero-order valence-electron chi connectivity index (χ0n) is 10.7. The minimum atomic E-state index is 0.107. The Morgan fingerprint density at radius 2 is 1.65 bits per heavy atom. The molecule has 0 saturated carbocycles. The monoisotopic (exact) mass is 284 g/mol. The maximum absolute atomic E-state index is 5.69. The number of nitrogens with zero attached hydrogens (tertiary/aromatic N) is 1. The van der Waals surface area contributed by atoms with Crippen LogP contribution in [0.1, 0.15) is 5.56 Å². The molecule has 0 aliphatic heterocycles. The number of hydrogen-bond acceptors (Lipinski definition) is 3. The average molecular weight is 284 g/mol. The Hall–Kier alpha value is -2.40. The van der Waals surface area contributed by atoms with Gasteiger partial charge in [0.15, 0.2) is 5.11 Å². The molecule has 5 heteroatoms. The molecule has 0 atom stereocenters. The van der Waals surface area contributed by atoms with Crippen LogP contribution in [0.15, 0.2) is 59.7 Å². The molecule has 0 heterocycles. The van der Waals surface area contributed by atoms with Gasteiger partial charge in [-0.15, -0.1) is 0 Å². The van der Waals surface area contributed by atoms with Crippen molar-refractivity contribution in [1.82, 2.24) is 5.43 Å². The predicted octanol–water partition coefficient (Wildman–Crippen LogP) is 2.85. The van der Waals surface area contributed by atoms with E-state index in [4.69, 9.17) is 10.5 Å². The van der Waals surface area contributed by atoms with E-state index in [0.29, 0.717) is 5.71 Å². The van der Waals surface area contributed by atoms with E-state index < -0.39 is 0 Å². The summed E-state index contributed by atoms with van der Waals surface area (Å²) in [5, 5.41) is 4.06. The molecule has 1 radical (unpaired) electrons. The van der Waals surface area contributed by atoms with E-state index in [1.165, 1.54) is 0 Å². The van der Waals surface area contributed by atoms with Crippen LogP contribution in [-0.4, -0.2) is 10.8 Å². The summed E-state index contributed by atoms with van der Waals surface area (Å²) in [5.74, 6) is 1.54. The molecule has 0 unspecified atom stereocenters. The van der Waals surface area contributed by atoms with Gasteiger partial charge >= 0.3 is 0 Å². The largest absolute Gasteiger partial charge is 0.457 e. The normalized spacial score (nSPS) is 10.9. The molecule has 0 aromatic heterocycles. The molecule has 20 heavy (non-hydrogen) atoms. The Balaban J connectivity index is 2.06. The fourth-order valence-corrected chi connectivity index (χ4v) is 1.57. The third kappa shape index (κ3) is 4.07. The van der Waals surface area contributed by atoms with Gasteiger partial charge in [-0.1, -0.05) is 18.2 Å². The summed E-state index contributed by atoms with van der Waals surface area (Å²) < 4.78 is 5.69. The minimum Gasteiger partial charge on any atom is -0.457 e. The van der Waals surface area contributed by atoms with E-state index >= 15 is 0 Å². The predicted molar refractivity (Wildman–Crippen MR) is 84.8 cm³/mol. The first-order valence-electron chi connectivity index (χ1n) is 5.93. The zero-order valence-corrected chi connectivity index (χ0v) is 11.6. The Labute approximate surface area is 123 Å². The van der Waals surface area contributed by atoms with Crippen molar-refractivity contribution in [2.75, 3.05) is 0 Å². The van der Waals surface area contributed by atoms with E-state index in [2.05, 4.69) is 29.7 Å². The second-order valence-corrected chi connectivity index (χ2v) is 4.41. The summed E-state index contributed by atoms with van der Waals surface area (Å²) in [6, 6.07) is 17.0. The summed E-state index contributed by atoms with van der Waals surface area (Å²) in [6.45, 7) is 3.83. The van der Waals surface area contributed by atoms with Crippen molar-refractivity contribution in [3.8, 4) is 11.5 Å². The van der Waals surface area contributed by atoms with Crippen LogP contribution in [0.25, 0.3) is 0 Å². The van der Waals surface area contributed by atoms with Gasteiger partial charge in [0.2, 0.25) is 0 Å². The third-order valence-corrected chi connectivity index (χ3v) is 2.56. The fourth-order valence-electron chi connectivity index (χ4n) is 1.53. The lowest BCUT2D eigenvalue weighted by atomic mass is 10.1. The van der Waals surface area contributed by atoms with Gasteiger partial charge < -0.3 is 10.5 Å². The summed E-state index contributed by atoms with van der Waals surface area (Å²) >= 11 is 4.67. The van der Waals surface area contributed by atoms with Crippen molar-refractivity contribution in [2.45, 2.75) is 0 Å². The summed E-state index contributed by atoms with van der Waals surface area (Å²) in [5.41, 5.74) is 9.20. The van der Waals surface area contributed by atoms with E-state index in [0.717, 1.165) is 17.1 Å². The van der Waals surface area contributed by atoms with Gasteiger partial charge in [0, 0.05) is 0 Å². The van der Waals surface area contributed by atoms with Gasteiger partial charge in [-0.2, -0.15) is 5.10 Å². The number of nitrogens with one attached hydrogen (secondary N) is 1. The van der Waals surface area contributed by atoms with Gasteiger partial charge in [-0.05, 0) is 61.1 Å². The summed E-state index contributed by atoms with van der Waals surface area (Å²) in [6.07, 6.45) is 0. The van der Waals surface area contributed by atoms with Crippen LogP contribution in [0, 0.1) is 6.92 Å². The molecule has 3 N–H and O–H groups in total. The number of ether oxygens (including phenoxy) is 1. The minimum absolute atomic E-state index is 0.107. The van der Waals surface area contributed by atoms with Crippen molar-refractivity contribution in [2.24, 2.45) is 10.8 Å². The van der Waals surface area contributed by atoms with Crippen LogP contribution in [-0.2, 0) is 0 Å². The molecule has 2 aromatic rings. The van der Waals surface area contributed by atoms with E-state index in [1.807, 2.05) is 54.6 Å². The molecule has 0 aliphatic carbocycles. The van der Waals surface area contributed by atoms with Crippen molar-refractivity contribution in [3.63, 3.8) is 0 Å². The molecule has 2 rings (SSSR count). The lowest BCUT2D eigenvalue weighted by molar-refractivity contribution is 0.482. The molecule has 0 spiro atoms. The number of benzene rings is 2. The molecule has 0 saturated heterocycles. The van der Waals surface area contributed by atoms with Gasteiger partial charge in [0.1, 0.15) is 11.5 Å². The average Bonchev–Trinajstić information content (AvgIpc) is 2.46. The summed E-state index contributed by atoms with van der Waals surface area (Å²) in [7, 11) is 0. The lowest BCUT2D eigenvalue weighted by Gasteiger charge is -2.06. The fraction of sp³-hybridized carbons (Fsp3) is 0. The highest BCUT2D eigenvalue weighted by Gasteiger charge is 2.00. The van der Waals surface area contributed by atoms with E-state index in [9.17, 15) is 0 Å². The number of hydrogen-bond donors (Lipinski definition) is 2. The van der Waals surface area contributed by atoms with E-state index in [1.54, 1.807) is 0 Å². The van der Waals surface area contributed by atoms with Crippen LogP contribution < -0.4 is 15.9 Å². The van der Waals surface area contributed by atoms with Crippen molar-refractivity contribution in [3.05, 3.63) is 67.1 Å². The maximum Gasteiger partial charge on any atom is 0.184 e. The topological polar surface area (TPSA) is 59.6 Å². The Morgan fingerprint density at radius 3 is 2.25 bits per heavy atom. The van der Waals surface area contributed by atoms with Gasteiger partial charge in [-0.3, -0.25) is 5.43 Å². The number of nitrogens with two attached hydrogens (primary N) is 1. The van der Waals surface area contributed by atoms with Crippen LogP contribution >= 0.6 is 12.2 Å². The molecule has 0 fully saturated rings. The van der Waals surface area contributed by atoms with Crippen LogP contribution in [0.2, 0.25) is 0 Å². The van der Waals surface area contributed by atoms with Crippen molar-refractivity contribution in [1.29, 1.82) is 0 Å². The lowest BCUT2D eigenvalue weighted by Crippen LogP contribution is -2.25. The second-order valence-electron chi connectivity index (χ2n) is 3.97. The molecule has 0 aliphatic rings. The first-order valence-corrected chi connectivity index (χ1v) is 6.34. The highest BCUT2D eigenvalue weighted by Crippen LogP contribution is 2.21. The van der Waals surface area contributed by atoms with Crippen LogP contribution in [0.3, 0.4) is 0 Å². The Bertz CT molecular complexity index is 609. The second kappa shape index (κ2) is 6.68. The van der Waals surface area contributed by atoms with Gasteiger partial charge in [0.25, 0.3) is 0 Å². The molecule has 101 valence electrons. The smallest absolute Gasteiger partial charge is 0.184 e. The molecule has 2 aromatic carbocycles. The maximum atomic E-state index is 5.69. The number of para-hydroxylation sites is 1. The van der Waals surface area contributed by atoms with Crippen molar-refractivity contribution >= 4 is 23.0 Å². The van der Waals surface area contributed by atoms with E-state index in [-0.39, 0.29) is 5.11 Å². The number of thiocarbonyl (C=S) groups is 1. The standard InChI is InChI=1S/C15H14N3OS/c1-11(17-18-15(16)20)12-7-9-14(10-8-12)19-13-5-3-2-4-6-13/h2-10H,1H2,(H3,16,18,20). The first kappa shape index (κ1) is 14.0. The molecular formula is C15H14N3OS. The molecule has 4 nitrogen and oxygen atoms in total. The van der Waals surface area contributed by atoms with Gasteiger partial charge in [-0.25, -0.2) is 0 Å². The molecule has 0 bridgehead atoms. The Morgan fingerprint density at radius 1 is 1.05 bits per heavy atom. The molecule has 0 amide bonds. The Kier molecular flexibility index (Phi) is 4.68. The third-order valence-electron chi connectivity index (χ3n) is 2.47. The van der Waals surface area contributed by atoms with Crippen molar-refractivity contribution < 1.29 is 4.74 Å². The number of rotatable bonds is 4. The van der Waals surface area contributed by atoms with Gasteiger partial charge in [0.05, 0.1) is 5.71 Å². The number of hydrazone groups is 1. The highest BCUT2D eigenvalue weighted by atomic mass is 32.1. The van der Waals surface area contributed by atoms with Crippen LogP contribution in [0.4, 0.5) is 0 Å².